The number of rotatable bonds is 6. The Morgan fingerprint density at radius 2 is 2.00 bits per heavy atom. The van der Waals surface area contributed by atoms with Crippen molar-refractivity contribution < 1.29 is 14.3 Å². The number of carbonyl (C=O) groups is 1. The summed E-state index contributed by atoms with van der Waals surface area (Å²) in [4.78, 5) is 21.6. The summed E-state index contributed by atoms with van der Waals surface area (Å²) in [5.41, 5.74) is 2.63. The lowest BCUT2D eigenvalue weighted by Crippen LogP contribution is -2.35. The minimum Gasteiger partial charge on any atom is -0.454 e. The summed E-state index contributed by atoms with van der Waals surface area (Å²) in [5, 5.41) is 1.34. The third-order valence-electron chi connectivity index (χ3n) is 4.82. The number of aryl methyl sites for hydroxylation is 1. The Balaban J connectivity index is 1.61. The monoisotopic (exact) mass is 443 g/mol. The maximum atomic E-state index is 13.1. The van der Waals surface area contributed by atoms with Gasteiger partial charge in [-0.15, -0.1) is 0 Å². The second kappa shape index (κ2) is 8.63. The molecule has 0 saturated carbocycles. The zero-order valence-electron chi connectivity index (χ0n) is 17.0. The topological polar surface area (TPSA) is 54.9 Å². The number of hydrogen-bond donors (Lipinski definition) is 0. The molecule has 2 heterocycles. The number of hydrogen-bond acceptors (Lipinski definition) is 6. The van der Waals surface area contributed by atoms with Crippen LogP contribution in [0.2, 0.25) is 5.02 Å². The smallest absolute Gasteiger partial charge is 0.252 e. The van der Waals surface area contributed by atoms with E-state index in [9.17, 15) is 4.79 Å². The molecule has 0 bridgehead atoms. The molecular weight excluding hydrogens is 422 g/mol. The lowest BCUT2D eigenvalue weighted by atomic mass is 10.2. The zero-order valence-corrected chi connectivity index (χ0v) is 18.6. The van der Waals surface area contributed by atoms with Crippen molar-refractivity contribution in [1.29, 1.82) is 0 Å². The van der Waals surface area contributed by atoms with Crippen LogP contribution >= 0.6 is 22.9 Å². The highest BCUT2D eigenvalue weighted by Crippen LogP contribution is 2.34. The summed E-state index contributed by atoms with van der Waals surface area (Å²) in [7, 11) is 3.96. The predicted octanol–water partition coefficient (Wildman–Crippen LogP) is 4.59. The fourth-order valence-electron chi connectivity index (χ4n) is 3.08. The number of benzene rings is 2. The molecule has 0 atom stereocenters. The minimum absolute atomic E-state index is 0.127. The molecule has 1 amide bonds. The van der Waals surface area contributed by atoms with E-state index in [1.54, 1.807) is 17.1 Å². The van der Waals surface area contributed by atoms with Crippen LogP contribution in [0.25, 0.3) is 16.3 Å². The Morgan fingerprint density at radius 1 is 1.20 bits per heavy atom. The third-order valence-corrected chi connectivity index (χ3v) is 6.27. The summed E-state index contributed by atoms with van der Waals surface area (Å²) in [6, 6.07) is 9.41. The number of fused-ring (bicyclic) bond motifs is 2. The van der Waals surface area contributed by atoms with Crippen LogP contribution in [-0.2, 0) is 4.79 Å². The van der Waals surface area contributed by atoms with Crippen molar-refractivity contribution in [3.8, 4) is 11.5 Å². The molecule has 1 aliphatic rings. The van der Waals surface area contributed by atoms with Gasteiger partial charge >= 0.3 is 0 Å². The van der Waals surface area contributed by atoms with E-state index in [1.807, 2.05) is 56.3 Å². The molecule has 1 aromatic heterocycles. The van der Waals surface area contributed by atoms with Crippen LogP contribution in [0.5, 0.6) is 11.5 Å². The normalized spacial score (nSPS) is 13.0. The lowest BCUT2D eigenvalue weighted by molar-refractivity contribution is -0.114. The van der Waals surface area contributed by atoms with Crippen molar-refractivity contribution >= 4 is 50.3 Å². The second-order valence-electron chi connectivity index (χ2n) is 7.25. The molecule has 1 aliphatic heterocycles. The third kappa shape index (κ3) is 4.28. The van der Waals surface area contributed by atoms with Gasteiger partial charge in [-0.1, -0.05) is 29.0 Å². The van der Waals surface area contributed by atoms with E-state index in [2.05, 4.69) is 0 Å². The Bertz CT molecular complexity index is 1130. The van der Waals surface area contributed by atoms with Crippen LogP contribution in [-0.4, -0.2) is 49.8 Å². The molecule has 0 fully saturated rings. The van der Waals surface area contributed by atoms with Crippen LogP contribution in [0.15, 0.2) is 36.4 Å². The molecule has 0 radical (unpaired) electrons. The van der Waals surface area contributed by atoms with Gasteiger partial charge in [-0.3, -0.25) is 9.69 Å². The highest BCUT2D eigenvalue weighted by atomic mass is 35.5. The average Bonchev–Trinajstić information content (AvgIpc) is 3.36. The van der Waals surface area contributed by atoms with E-state index >= 15 is 0 Å². The minimum atomic E-state index is -0.127. The quantitative estimate of drug-likeness (QED) is 0.521. The molecule has 4 rings (SSSR count). The molecular formula is C22H22ClN3O3S. The van der Waals surface area contributed by atoms with Gasteiger partial charge in [0.15, 0.2) is 16.6 Å². The van der Waals surface area contributed by atoms with E-state index in [-0.39, 0.29) is 12.7 Å². The highest BCUT2D eigenvalue weighted by Gasteiger charge is 2.19. The number of ether oxygens (including phenoxy) is 2. The second-order valence-corrected chi connectivity index (χ2v) is 8.67. The van der Waals surface area contributed by atoms with Crippen LogP contribution in [0.4, 0.5) is 5.13 Å². The van der Waals surface area contributed by atoms with E-state index in [4.69, 9.17) is 26.1 Å². The van der Waals surface area contributed by atoms with E-state index in [0.717, 1.165) is 33.6 Å². The van der Waals surface area contributed by atoms with Crippen molar-refractivity contribution in [1.82, 2.24) is 9.88 Å². The molecule has 0 unspecified atom stereocenters. The number of amides is 1. The van der Waals surface area contributed by atoms with Gasteiger partial charge < -0.3 is 14.4 Å². The molecule has 8 heteroatoms. The molecule has 0 aliphatic carbocycles. The SMILES string of the molecule is Cc1c(Cl)ccc2sc(N(CCN(C)C)C(=O)/C=C/c3ccc4c(c3)OCO4)nc12. The number of nitrogens with zero attached hydrogens (tertiary/aromatic N) is 3. The van der Waals surface area contributed by atoms with Crippen molar-refractivity contribution in [2.24, 2.45) is 0 Å². The first-order valence-corrected chi connectivity index (χ1v) is 10.7. The van der Waals surface area contributed by atoms with Crippen molar-refractivity contribution in [2.75, 3.05) is 38.9 Å². The summed E-state index contributed by atoms with van der Waals surface area (Å²) >= 11 is 7.74. The Labute approximate surface area is 184 Å². The highest BCUT2D eigenvalue weighted by molar-refractivity contribution is 7.22. The molecule has 0 spiro atoms. The van der Waals surface area contributed by atoms with Crippen molar-refractivity contribution in [3.05, 3.63) is 52.6 Å². The fraction of sp³-hybridized carbons (Fsp3) is 0.273. The van der Waals surface area contributed by atoms with Crippen molar-refractivity contribution in [3.63, 3.8) is 0 Å². The first kappa shape index (κ1) is 20.7. The molecule has 0 N–H and O–H groups in total. The largest absolute Gasteiger partial charge is 0.454 e. The van der Waals surface area contributed by atoms with Gasteiger partial charge in [0.2, 0.25) is 6.79 Å². The van der Waals surface area contributed by atoms with E-state index in [1.165, 1.54) is 11.3 Å². The Hall–Kier alpha value is -2.61. The number of aromatic nitrogens is 1. The number of thiazole rings is 1. The summed E-state index contributed by atoms with van der Waals surface area (Å²) in [6.07, 6.45) is 3.35. The summed E-state index contributed by atoms with van der Waals surface area (Å²) < 4.78 is 11.7. The Morgan fingerprint density at radius 3 is 2.80 bits per heavy atom. The lowest BCUT2D eigenvalue weighted by Gasteiger charge is -2.20. The maximum Gasteiger partial charge on any atom is 0.252 e. The van der Waals surface area contributed by atoms with Crippen LogP contribution < -0.4 is 14.4 Å². The fourth-order valence-corrected chi connectivity index (χ4v) is 4.29. The van der Waals surface area contributed by atoms with E-state index < -0.39 is 0 Å². The van der Waals surface area contributed by atoms with Gasteiger partial charge in [-0.05, 0) is 62.5 Å². The molecule has 30 heavy (non-hydrogen) atoms. The first-order valence-electron chi connectivity index (χ1n) is 9.52. The van der Waals surface area contributed by atoms with Crippen LogP contribution in [0.3, 0.4) is 0 Å². The first-order chi connectivity index (χ1) is 14.4. The van der Waals surface area contributed by atoms with Gasteiger partial charge in [-0.25, -0.2) is 4.98 Å². The standard InChI is InChI=1S/C22H22ClN3O3S/c1-14-16(23)6-8-19-21(14)24-22(30-19)26(11-10-25(2)3)20(27)9-5-15-4-7-17-18(12-15)29-13-28-17/h4-9,12H,10-11,13H2,1-3H3/b9-5+. The number of halogens is 1. The van der Waals surface area contributed by atoms with Crippen LogP contribution in [0, 0.1) is 6.92 Å². The molecule has 3 aromatic rings. The van der Waals surface area contributed by atoms with Gasteiger partial charge in [-0.2, -0.15) is 0 Å². The van der Waals surface area contributed by atoms with Gasteiger partial charge in [0.05, 0.1) is 10.2 Å². The molecule has 2 aromatic carbocycles. The predicted molar refractivity (Wildman–Crippen MR) is 122 cm³/mol. The average molecular weight is 444 g/mol. The number of likely N-dealkylation sites (N-methyl/N-ethyl adjacent to an activating group) is 1. The molecule has 0 saturated heterocycles. The summed E-state index contributed by atoms with van der Waals surface area (Å²) in [5.74, 6) is 1.28. The zero-order chi connectivity index (χ0) is 21.3. The number of anilines is 1. The Kier molecular flexibility index (Phi) is 5.94. The molecule has 6 nitrogen and oxygen atoms in total. The number of carbonyl (C=O) groups excluding carboxylic acids is 1. The molecule has 156 valence electrons. The maximum absolute atomic E-state index is 13.1. The van der Waals surface area contributed by atoms with Gasteiger partial charge in [0.1, 0.15) is 0 Å². The van der Waals surface area contributed by atoms with Crippen molar-refractivity contribution in [2.45, 2.75) is 6.92 Å². The summed E-state index contributed by atoms with van der Waals surface area (Å²) in [6.45, 7) is 3.42. The van der Waals surface area contributed by atoms with Crippen LogP contribution in [0.1, 0.15) is 11.1 Å². The van der Waals surface area contributed by atoms with Gasteiger partial charge in [0.25, 0.3) is 5.91 Å². The van der Waals surface area contributed by atoms with E-state index in [0.29, 0.717) is 22.4 Å². The van der Waals surface area contributed by atoms with Gasteiger partial charge in [0, 0.05) is 24.2 Å².